The molecular weight excluding hydrogens is 372 g/mol. The van der Waals surface area contributed by atoms with E-state index in [1.807, 2.05) is 12.2 Å². The number of hydrogen-bond acceptors (Lipinski definition) is 3. The van der Waals surface area contributed by atoms with Crippen LogP contribution >= 0.6 is 0 Å². The van der Waals surface area contributed by atoms with E-state index in [-0.39, 0.29) is 16.9 Å². The number of aliphatic carboxylic acids is 1. The summed E-state index contributed by atoms with van der Waals surface area (Å²) in [5.41, 5.74) is 1.48. The molecular formula is C27H41O3-. The molecule has 0 radical (unpaired) electrons. The van der Waals surface area contributed by atoms with Gasteiger partial charge in [-0.25, -0.2) is 0 Å². The molecule has 4 aliphatic rings. The maximum absolute atomic E-state index is 11.9. The van der Waals surface area contributed by atoms with Crippen molar-refractivity contribution in [3.05, 3.63) is 23.8 Å². The number of carbonyl (C=O) groups excluding carboxylic acids is 1. The predicted molar refractivity (Wildman–Crippen MR) is 118 cm³/mol. The number of hydrogen-bond donors (Lipinski definition) is 1. The zero-order valence-electron chi connectivity index (χ0n) is 19.4. The van der Waals surface area contributed by atoms with Crippen LogP contribution in [0, 0.1) is 46.3 Å². The van der Waals surface area contributed by atoms with Gasteiger partial charge in [-0.15, -0.1) is 0 Å². The maximum atomic E-state index is 11.9. The first-order chi connectivity index (χ1) is 14.2. The molecule has 1 N–H and O–H groups in total. The van der Waals surface area contributed by atoms with Gasteiger partial charge < -0.3 is 15.0 Å². The second-order valence-corrected chi connectivity index (χ2v) is 11.8. The van der Waals surface area contributed by atoms with Gasteiger partial charge in [-0.3, -0.25) is 0 Å². The summed E-state index contributed by atoms with van der Waals surface area (Å²) in [5, 5.41) is 22.6. The van der Waals surface area contributed by atoms with Gasteiger partial charge in [0.15, 0.2) is 0 Å². The first-order valence-electron chi connectivity index (χ1n) is 12.4. The van der Waals surface area contributed by atoms with Gasteiger partial charge in [0, 0.05) is 5.92 Å². The molecule has 3 fully saturated rings. The fraction of sp³-hybridized carbons (Fsp3) is 0.815. The molecule has 0 bridgehead atoms. The van der Waals surface area contributed by atoms with Crippen LogP contribution in [0.5, 0.6) is 0 Å². The van der Waals surface area contributed by atoms with Crippen LogP contribution in [-0.2, 0) is 4.79 Å². The van der Waals surface area contributed by atoms with Crippen molar-refractivity contribution in [2.24, 2.45) is 46.3 Å². The van der Waals surface area contributed by atoms with Gasteiger partial charge in [-0.2, -0.15) is 0 Å². The molecule has 0 aliphatic heterocycles. The number of aliphatic hydroxyl groups excluding tert-OH is 1. The van der Waals surface area contributed by atoms with Crippen LogP contribution in [0.1, 0.15) is 85.5 Å². The number of carbonyl (C=O) groups is 1. The largest absolute Gasteiger partial charge is 0.549 e. The highest BCUT2D eigenvalue weighted by Gasteiger charge is 2.59. The summed E-state index contributed by atoms with van der Waals surface area (Å²) in [7, 11) is 0. The molecule has 3 heteroatoms. The zero-order chi connectivity index (χ0) is 21.7. The summed E-state index contributed by atoms with van der Waals surface area (Å²) >= 11 is 0. The lowest BCUT2D eigenvalue weighted by Gasteiger charge is -2.60. The average molecular weight is 414 g/mol. The summed E-state index contributed by atoms with van der Waals surface area (Å²) < 4.78 is 0. The van der Waals surface area contributed by atoms with Gasteiger partial charge in [-0.1, -0.05) is 51.5 Å². The van der Waals surface area contributed by atoms with E-state index < -0.39 is 11.9 Å². The number of allylic oxidation sites excluding steroid dienone is 2. The molecule has 8 atom stereocenters. The molecule has 0 unspecified atom stereocenters. The topological polar surface area (TPSA) is 60.4 Å². The van der Waals surface area contributed by atoms with Crippen molar-refractivity contribution in [2.75, 3.05) is 0 Å². The predicted octanol–water partition coefficient (Wildman–Crippen LogP) is 4.89. The lowest BCUT2D eigenvalue weighted by atomic mass is 9.45. The Balaban J connectivity index is 1.54. The Morgan fingerprint density at radius 3 is 2.60 bits per heavy atom. The lowest BCUT2D eigenvalue weighted by Crippen LogP contribution is -2.53. The molecule has 4 rings (SSSR count). The van der Waals surface area contributed by atoms with Crippen molar-refractivity contribution >= 4 is 5.97 Å². The van der Waals surface area contributed by atoms with Crippen LogP contribution in [-0.4, -0.2) is 17.2 Å². The number of fused-ring (bicyclic) bond motifs is 5. The van der Waals surface area contributed by atoms with Crippen LogP contribution in [0.4, 0.5) is 0 Å². The molecule has 0 spiro atoms. The first kappa shape index (κ1) is 22.1. The molecule has 0 aromatic heterocycles. The molecule has 0 heterocycles. The molecule has 0 aromatic rings. The van der Waals surface area contributed by atoms with Crippen LogP contribution in [0.15, 0.2) is 23.8 Å². The van der Waals surface area contributed by atoms with E-state index in [9.17, 15) is 15.0 Å². The molecule has 0 amide bonds. The quantitative estimate of drug-likeness (QED) is 0.653. The summed E-state index contributed by atoms with van der Waals surface area (Å²) in [4.78, 5) is 11.9. The van der Waals surface area contributed by atoms with Crippen LogP contribution in [0.3, 0.4) is 0 Å². The minimum atomic E-state index is -0.952. The van der Waals surface area contributed by atoms with Crippen molar-refractivity contribution in [1.82, 2.24) is 0 Å². The molecule has 3 saturated carbocycles. The molecule has 3 nitrogen and oxygen atoms in total. The van der Waals surface area contributed by atoms with E-state index in [2.05, 4.69) is 33.8 Å². The van der Waals surface area contributed by atoms with Crippen molar-refractivity contribution in [3.8, 4) is 0 Å². The zero-order valence-corrected chi connectivity index (χ0v) is 19.4. The van der Waals surface area contributed by atoms with Crippen molar-refractivity contribution in [1.29, 1.82) is 0 Å². The van der Waals surface area contributed by atoms with Crippen molar-refractivity contribution < 1.29 is 15.0 Å². The fourth-order valence-electron chi connectivity index (χ4n) is 7.97. The number of aliphatic hydroxyl groups is 1. The van der Waals surface area contributed by atoms with Crippen molar-refractivity contribution in [2.45, 2.75) is 91.6 Å². The highest BCUT2D eigenvalue weighted by molar-refractivity contribution is 5.74. The number of carboxylic acids is 1. The van der Waals surface area contributed by atoms with E-state index in [1.54, 1.807) is 0 Å². The van der Waals surface area contributed by atoms with Crippen LogP contribution in [0.25, 0.3) is 0 Å². The third kappa shape index (κ3) is 3.59. The Labute approximate surface area is 183 Å². The van der Waals surface area contributed by atoms with Gasteiger partial charge in [0.1, 0.15) is 0 Å². The monoisotopic (exact) mass is 413 g/mol. The summed E-state index contributed by atoms with van der Waals surface area (Å²) in [5.74, 6) is 1.72. The number of rotatable bonds is 5. The van der Waals surface area contributed by atoms with Gasteiger partial charge in [-0.05, 0) is 98.2 Å². The second-order valence-electron chi connectivity index (χ2n) is 11.8. The Morgan fingerprint density at radius 1 is 1.17 bits per heavy atom. The standard InChI is InChI=1S/C27H42O3/c1-17(2)6-5-7-20(25(29)30)18-12-14-26(3)19(16-18)8-9-21-22-10-11-24(28)27(22,4)15-13-23(21)26/h5,7,12,17,19-24,28H,6,8-11,13-16H2,1-4H3,(H,29,30)/p-1/b7-5-/t19-,20+,21-,22+,23-,24-,26-,27-/m0/s1. The Kier molecular flexibility index (Phi) is 5.98. The Morgan fingerprint density at radius 2 is 1.90 bits per heavy atom. The summed E-state index contributed by atoms with van der Waals surface area (Å²) in [6.07, 6.45) is 15.9. The van der Waals surface area contributed by atoms with Crippen LogP contribution < -0.4 is 5.11 Å². The summed E-state index contributed by atoms with van der Waals surface area (Å²) in [6.45, 7) is 9.13. The van der Waals surface area contributed by atoms with E-state index >= 15 is 0 Å². The molecule has 30 heavy (non-hydrogen) atoms. The Hall–Kier alpha value is -1.09. The van der Waals surface area contributed by atoms with Gasteiger partial charge in [0.2, 0.25) is 0 Å². The van der Waals surface area contributed by atoms with Crippen molar-refractivity contribution in [3.63, 3.8) is 0 Å². The van der Waals surface area contributed by atoms with Gasteiger partial charge in [0.05, 0.1) is 12.1 Å². The molecule has 168 valence electrons. The maximum Gasteiger partial charge on any atom is 0.0596 e. The average Bonchev–Trinajstić information content (AvgIpc) is 2.99. The minimum absolute atomic E-state index is 0.117. The fourth-order valence-corrected chi connectivity index (χ4v) is 7.97. The number of carboxylic acid groups (broad SMARTS) is 1. The highest BCUT2D eigenvalue weighted by atomic mass is 16.4. The van der Waals surface area contributed by atoms with E-state index in [0.717, 1.165) is 49.5 Å². The second kappa shape index (κ2) is 8.11. The third-order valence-corrected chi connectivity index (χ3v) is 9.89. The molecule has 4 aliphatic carbocycles. The van der Waals surface area contributed by atoms with E-state index in [4.69, 9.17) is 0 Å². The van der Waals surface area contributed by atoms with E-state index in [1.165, 1.54) is 25.7 Å². The SMILES string of the molecule is CC(C)C/C=C\[C@@H](C(=O)[O-])C1=CC[C@@]2(C)[C@@H](CC[C@H]3[C@H]4CC[C@H](O)[C@@]4(C)CC[C@@H]32)C1. The molecule has 0 saturated heterocycles. The van der Waals surface area contributed by atoms with Gasteiger partial charge >= 0.3 is 0 Å². The first-order valence-corrected chi connectivity index (χ1v) is 12.4. The lowest BCUT2D eigenvalue weighted by molar-refractivity contribution is -0.308. The smallest absolute Gasteiger partial charge is 0.0596 e. The Bertz CT molecular complexity index is 722. The summed E-state index contributed by atoms with van der Waals surface area (Å²) in [6, 6.07) is 0. The highest BCUT2D eigenvalue weighted by Crippen LogP contribution is 2.66. The molecule has 0 aromatic carbocycles. The van der Waals surface area contributed by atoms with Crippen LogP contribution in [0.2, 0.25) is 0 Å². The minimum Gasteiger partial charge on any atom is -0.549 e. The van der Waals surface area contributed by atoms with Gasteiger partial charge in [0.25, 0.3) is 0 Å². The normalized spacial score (nSPS) is 44.3. The van der Waals surface area contributed by atoms with E-state index in [0.29, 0.717) is 17.8 Å². The third-order valence-electron chi connectivity index (χ3n) is 9.89.